The van der Waals surface area contributed by atoms with E-state index in [0.717, 1.165) is 10.2 Å². The van der Waals surface area contributed by atoms with Gasteiger partial charge >= 0.3 is 5.97 Å². The number of hydrogen-bond donors (Lipinski definition) is 0. The van der Waals surface area contributed by atoms with E-state index in [4.69, 9.17) is 9.47 Å². The minimum absolute atomic E-state index is 0.130. The lowest BCUT2D eigenvalue weighted by Gasteiger charge is -2.34. The van der Waals surface area contributed by atoms with Gasteiger partial charge in [0.2, 0.25) is 5.91 Å². The second-order valence-corrected chi connectivity index (χ2v) is 8.21. The molecule has 0 N–H and O–H groups in total. The molecule has 0 saturated carbocycles. The van der Waals surface area contributed by atoms with E-state index in [0.29, 0.717) is 32.5 Å². The van der Waals surface area contributed by atoms with Gasteiger partial charge in [-0.05, 0) is 31.0 Å². The van der Waals surface area contributed by atoms with Crippen molar-refractivity contribution in [3.8, 4) is 5.75 Å². The van der Waals surface area contributed by atoms with Gasteiger partial charge in [0.1, 0.15) is 19.0 Å². The summed E-state index contributed by atoms with van der Waals surface area (Å²) in [5, 5.41) is 0. The predicted octanol–water partition coefficient (Wildman–Crippen LogP) is 3.66. The molecule has 5 nitrogen and oxygen atoms in total. The number of nitrogens with zero attached hydrogens (tertiary/aromatic N) is 1. The van der Waals surface area contributed by atoms with Gasteiger partial charge in [-0.15, -0.1) is 0 Å². The van der Waals surface area contributed by atoms with Gasteiger partial charge in [-0.1, -0.05) is 42.8 Å². The summed E-state index contributed by atoms with van der Waals surface area (Å²) in [5.41, 5.74) is -0.378. The molecule has 1 aliphatic rings. The van der Waals surface area contributed by atoms with E-state index < -0.39 is 0 Å². The van der Waals surface area contributed by atoms with Crippen LogP contribution in [0.5, 0.6) is 5.75 Å². The number of rotatable bonds is 5. The van der Waals surface area contributed by atoms with Crippen molar-refractivity contribution >= 4 is 27.8 Å². The van der Waals surface area contributed by atoms with Crippen LogP contribution in [0.15, 0.2) is 28.7 Å². The largest absolute Gasteiger partial charge is 0.490 e. The van der Waals surface area contributed by atoms with Crippen LogP contribution in [0.2, 0.25) is 0 Å². The third-order valence-electron chi connectivity index (χ3n) is 4.15. The van der Waals surface area contributed by atoms with E-state index in [2.05, 4.69) is 15.9 Å². The Bertz CT molecular complexity index is 604. The first-order chi connectivity index (χ1) is 11.8. The molecule has 1 aromatic rings. The summed E-state index contributed by atoms with van der Waals surface area (Å²) in [7, 11) is 0. The van der Waals surface area contributed by atoms with Crippen molar-refractivity contribution in [3.63, 3.8) is 0 Å². The fourth-order valence-electron chi connectivity index (χ4n) is 2.77. The standard InChI is InChI=1S/C19H26BrNO4/c1-19(2,3)18(23)21-9-7-14(8-10-21)17(22)25-12-11-24-16-6-4-5-15(20)13-16/h4-6,13-14H,7-12H2,1-3H3. The lowest BCUT2D eigenvalue weighted by atomic mass is 9.91. The monoisotopic (exact) mass is 411 g/mol. The second kappa shape index (κ2) is 8.70. The topological polar surface area (TPSA) is 55.8 Å². The molecule has 1 amide bonds. The van der Waals surface area contributed by atoms with Gasteiger partial charge in [-0.2, -0.15) is 0 Å². The molecular formula is C19H26BrNO4. The van der Waals surface area contributed by atoms with E-state index in [1.165, 1.54) is 0 Å². The molecule has 1 aliphatic heterocycles. The van der Waals surface area contributed by atoms with Gasteiger partial charge in [0.05, 0.1) is 5.92 Å². The normalized spacial score (nSPS) is 15.8. The number of amides is 1. The maximum atomic E-state index is 12.3. The Kier molecular flexibility index (Phi) is 6.87. The van der Waals surface area contributed by atoms with Crippen molar-refractivity contribution in [1.29, 1.82) is 0 Å². The molecule has 0 unspecified atom stereocenters. The predicted molar refractivity (Wildman–Crippen MR) is 99.4 cm³/mol. The van der Waals surface area contributed by atoms with Gasteiger partial charge < -0.3 is 14.4 Å². The molecule has 25 heavy (non-hydrogen) atoms. The van der Waals surface area contributed by atoms with Gasteiger partial charge in [-0.25, -0.2) is 0 Å². The molecule has 0 radical (unpaired) electrons. The van der Waals surface area contributed by atoms with Crippen molar-refractivity contribution in [3.05, 3.63) is 28.7 Å². The van der Waals surface area contributed by atoms with Crippen molar-refractivity contribution in [2.24, 2.45) is 11.3 Å². The Morgan fingerprint density at radius 1 is 1.20 bits per heavy atom. The summed E-state index contributed by atoms with van der Waals surface area (Å²) < 4.78 is 11.8. The molecule has 2 rings (SSSR count). The minimum Gasteiger partial charge on any atom is -0.490 e. The Labute approximate surface area is 157 Å². The lowest BCUT2D eigenvalue weighted by Crippen LogP contribution is -2.45. The first-order valence-electron chi connectivity index (χ1n) is 8.62. The lowest BCUT2D eigenvalue weighted by molar-refractivity contribution is -0.153. The summed E-state index contributed by atoms with van der Waals surface area (Å²) in [6, 6.07) is 7.53. The first kappa shape index (κ1) is 19.8. The third-order valence-corrected chi connectivity index (χ3v) is 4.64. The minimum atomic E-state index is -0.378. The summed E-state index contributed by atoms with van der Waals surface area (Å²) >= 11 is 3.38. The van der Waals surface area contributed by atoms with Crippen LogP contribution in [0.25, 0.3) is 0 Å². The number of carbonyl (C=O) groups excluding carboxylic acids is 2. The highest BCUT2D eigenvalue weighted by Gasteiger charge is 2.32. The average Bonchev–Trinajstić information content (AvgIpc) is 2.57. The Morgan fingerprint density at radius 3 is 2.48 bits per heavy atom. The molecule has 1 heterocycles. The van der Waals surface area contributed by atoms with E-state index in [9.17, 15) is 9.59 Å². The average molecular weight is 412 g/mol. The molecule has 0 bridgehead atoms. The Morgan fingerprint density at radius 2 is 1.88 bits per heavy atom. The number of benzene rings is 1. The zero-order valence-corrected chi connectivity index (χ0v) is 16.7. The number of carbonyl (C=O) groups is 2. The fourth-order valence-corrected chi connectivity index (χ4v) is 3.15. The number of esters is 1. The summed E-state index contributed by atoms with van der Waals surface area (Å²) in [4.78, 5) is 26.3. The van der Waals surface area contributed by atoms with Gasteiger partial charge in [0.15, 0.2) is 0 Å². The molecule has 0 aliphatic carbocycles. The van der Waals surface area contributed by atoms with Gasteiger partial charge in [0, 0.05) is 23.0 Å². The van der Waals surface area contributed by atoms with Crippen molar-refractivity contribution in [2.75, 3.05) is 26.3 Å². The van der Waals surface area contributed by atoms with Gasteiger partial charge in [-0.3, -0.25) is 9.59 Å². The highest BCUT2D eigenvalue weighted by atomic mass is 79.9. The van der Waals surface area contributed by atoms with Crippen molar-refractivity contribution in [2.45, 2.75) is 33.6 Å². The van der Waals surface area contributed by atoms with Crippen LogP contribution in [0.4, 0.5) is 0 Å². The van der Waals surface area contributed by atoms with E-state index in [1.807, 2.05) is 49.9 Å². The Hall–Kier alpha value is -1.56. The molecular weight excluding hydrogens is 386 g/mol. The summed E-state index contributed by atoms with van der Waals surface area (Å²) in [6.45, 7) is 7.54. The molecule has 1 aromatic carbocycles. The fraction of sp³-hybridized carbons (Fsp3) is 0.579. The van der Waals surface area contributed by atoms with E-state index in [-0.39, 0.29) is 29.8 Å². The number of hydrogen-bond acceptors (Lipinski definition) is 4. The van der Waals surface area contributed by atoms with Crippen LogP contribution >= 0.6 is 15.9 Å². The first-order valence-corrected chi connectivity index (χ1v) is 9.41. The molecule has 0 aromatic heterocycles. The molecule has 1 fully saturated rings. The number of piperidine rings is 1. The zero-order chi connectivity index (χ0) is 18.4. The molecule has 0 spiro atoms. The molecule has 1 saturated heterocycles. The molecule has 138 valence electrons. The van der Waals surface area contributed by atoms with E-state index >= 15 is 0 Å². The Balaban J connectivity index is 1.68. The van der Waals surface area contributed by atoms with Crippen molar-refractivity contribution < 1.29 is 19.1 Å². The molecule has 6 heteroatoms. The summed E-state index contributed by atoms with van der Waals surface area (Å²) in [5.74, 6) is 0.553. The van der Waals surface area contributed by atoms with Crippen LogP contribution in [-0.2, 0) is 14.3 Å². The van der Waals surface area contributed by atoms with E-state index in [1.54, 1.807) is 0 Å². The highest BCUT2D eigenvalue weighted by molar-refractivity contribution is 9.10. The third kappa shape index (κ3) is 6.03. The number of ether oxygens (including phenoxy) is 2. The number of halogens is 1. The number of likely N-dealkylation sites (tertiary alicyclic amines) is 1. The van der Waals surface area contributed by atoms with Crippen LogP contribution in [-0.4, -0.2) is 43.1 Å². The maximum Gasteiger partial charge on any atom is 0.309 e. The van der Waals surface area contributed by atoms with Crippen molar-refractivity contribution in [1.82, 2.24) is 4.90 Å². The van der Waals surface area contributed by atoms with Crippen LogP contribution in [0, 0.1) is 11.3 Å². The van der Waals surface area contributed by atoms with Crippen LogP contribution in [0.1, 0.15) is 33.6 Å². The highest BCUT2D eigenvalue weighted by Crippen LogP contribution is 2.24. The smallest absolute Gasteiger partial charge is 0.309 e. The van der Waals surface area contributed by atoms with Crippen LogP contribution < -0.4 is 4.74 Å². The molecule has 0 atom stereocenters. The van der Waals surface area contributed by atoms with Crippen LogP contribution in [0.3, 0.4) is 0 Å². The maximum absolute atomic E-state index is 12.3. The quantitative estimate of drug-likeness (QED) is 0.547. The SMILES string of the molecule is CC(C)(C)C(=O)N1CCC(C(=O)OCCOc2cccc(Br)c2)CC1. The zero-order valence-electron chi connectivity index (χ0n) is 15.1. The second-order valence-electron chi connectivity index (χ2n) is 7.29. The van der Waals surface area contributed by atoms with Gasteiger partial charge in [0.25, 0.3) is 0 Å². The summed E-state index contributed by atoms with van der Waals surface area (Å²) in [6.07, 6.45) is 1.32.